The molecule has 0 aliphatic carbocycles. The molecule has 2 rings (SSSR count). The number of hydrogen-bond donors (Lipinski definition) is 1. The Morgan fingerprint density at radius 2 is 2.14 bits per heavy atom. The molecule has 0 aliphatic rings. The van der Waals surface area contributed by atoms with E-state index < -0.39 is 0 Å². The molecule has 0 atom stereocenters. The Balaban J connectivity index is 2.06. The predicted molar refractivity (Wildman–Crippen MR) is 85.9 cm³/mol. The summed E-state index contributed by atoms with van der Waals surface area (Å²) in [6, 6.07) is 9.97. The lowest BCUT2D eigenvalue weighted by atomic mass is 10.2. The fourth-order valence-electron chi connectivity index (χ4n) is 2.01. The third-order valence-corrected chi connectivity index (χ3v) is 3.12. The molecule has 0 saturated heterocycles. The van der Waals surface area contributed by atoms with Crippen molar-refractivity contribution in [1.29, 1.82) is 0 Å². The summed E-state index contributed by atoms with van der Waals surface area (Å²) in [7, 11) is 3.70. The largest absolute Gasteiger partial charge is 0.497 e. The van der Waals surface area contributed by atoms with Crippen LogP contribution in [0.1, 0.15) is 18.9 Å². The fourth-order valence-corrected chi connectivity index (χ4v) is 2.01. The predicted octanol–water partition coefficient (Wildman–Crippen LogP) is 2.94. The highest BCUT2D eigenvalue weighted by atomic mass is 16.5. The highest BCUT2D eigenvalue weighted by Gasteiger charge is 2.06. The van der Waals surface area contributed by atoms with Gasteiger partial charge in [-0.05, 0) is 30.2 Å². The minimum absolute atomic E-state index is 0.673. The van der Waals surface area contributed by atoms with E-state index in [1.54, 1.807) is 13.3 Å². The lowest BCUT2D eigenvalue weighted by molar-refractivity contribution is 0.414. The molecule has 112 valence electrons. The first kappa shape index (κ1) is 15.1. The van der Waals surface area contributed by atoms with Crippen molar-refractivity contribution in [3.05, 3.63) is 42.1 Å². The van der Waals surface area contributed by atoms with Crippen molar-refractivity contribution < 1.29 is 4.74 Å². The molecule has 5 nitrogen and oxygen atoms in total. The lowest BCUT2D eigenvalue weighted by Gasteiger charge is -2.19. The van der Waals surface area contributed by atoms with Crippen LogP contribution in [0.5, 0.6) is 5.75 Å². The molecule has 0 unspecified atom stereocenters. The minimum atomic E-state index is 0.673. The molecule has 1 N–H and O–H groups in total. The molecule has 1 aromatic heterocycles. The molecule has 21 heavy (non-hydrogen) atoms. The summed E-state index contributed by atoms with van der Waals surface area (Å²) in [5, 5.41) is 3.20. The Morgan fingerprint density at radius 3 is 2.90 bits per heavy atom. The molecular weight excluding hydrogens is 264 g/mol. The Hall–Kier alpha value is -2.30. The molecule has 2 aromatic rings. The number of ether oxygens (including phenoxy) is 1. The van der Waals surface area contributed by atoms with Crippen LogP contribution in [0.2, 0.25) is 0 Å². The van der Waals surface area contributed by atoms with Gasteiger partial charge in [0.25, 0.3) is 0 Å². The van der Waals surface area contributed by atoms with Crippen molar-refractivity contribution in [1.82, 2.24) is 9.97 Å². The van der Waals surface area contributed by atoms with Crippen molar-refractivity contribution in [2.45, 2.75) is 19.9 Å². The summed E-state index contributed by atoms with van der Waals surface area (Å²) in [5.41, 5.74) is 1.18. The number of rotatable bonds is 7. The van der Waals surface area contributed by atoms with Crippen LogP contribution >= 0.6 is 0 Å². The summed E-state index contributed by atoms with van der Waals surface area (Å²) < 4.78 is 5.25. The van der Waals surface area contributed by atoms with Gasteiger partial charge in [-0.25, -0.2) is 4.98 Å². The SMILES string of the molecule is CCCNc1nccc(N(C)Cc2cccc(OC)c2)n1. The molecule has 0 amide bonds. The van der Waals surface area contributed by atoms with E-state index in [4.69, 9.17) is 4.74 Å². The second-order valence-electron chi connectivity index (χ2n) is 4.87. The van der Waals surface area contributed by atoms with Crippen LogP contribution in [0.25, 0.3) is 0 Å². The van der Waals surface area contributed by atoms with E-state index in [1.165, 1.54) is 5.56 Å². The van der Waals surface area contributed by atoms with Crippen molar-refractivity contribution in [3.8, 4) is 5.75 Å². The van der Waals surface area contributed by atoms with Crippen LogP contribution in [0, 0.1) is 0 Å². The zero-order chi connectivity index (χ0) is 15.1. The van der Waals surface area contributed by atoms with Crippen LogP contribution in [0.15, 0.2) is 36.5 Å². The van der Waals surface area contributed by atoms with Crippen LogP contribution in [-0.4, -0.2) is 30.7 Å². The number of nitrogens with zero attached hydrogens (tertiary/aromatic N) is 3. The standard InChI is InChI=1S/C16H22N4O/c1-4-9-17-16-18-10-8-15(19-16)20(2)12-13-6-5-7-14(11-13)21-3/h5-8,10-11H,4,9,12H2,1-3H3,(H,17,18,19). The molecule has 0 radical (unpaired) electrons. The van der Waals surface area contributed by atoms with Crippen molar-refractivity contribution in [3.63, 3.8) is 0 Å². The summed E-state index contributed by atoms with van der Waals surface area (Å²) >= 11 is 0. The number of aromatic nitrogens is 2. The van der Waals surface area contributed by atoms with Gasteiger partial charge < -0.3 is 15.0 Å². The van der Waals surface area contributed by atoms with Crippen molar-refractivity contribution in [2.24, 2.45) is 0 Å². The molecule has 1 heterocycles. The monoisotopic (exact) mass is 286 g/mol. The fraction of sp³-hybridized carbons (Fsp3) is 0.375. The van der Waals surface area contributed by atoms with Crippen molar-refractivity contribution in [2.75, 3.05) is 30.9 Å². The molecule has 0 spiro atoms. The normalized spacial score (nSPS) is 10.2. The van der Waals surface area contributed by atoms with E-state index in [9.17, 15) is 0 Å². The molecular formula is C16H22N4O. The van der Waals surface area contributed by atoms with Crippen LogP contribution in [0.4, 0.5) is 11.8 Å². The second kappa shape index (κ2) is 7.47. The van der Waals surface area contributed by atoms with Gasteiger partial charge >= 0.3 is 0 Å². The number of nitrogens with one attached hydrogen (secondary N) is 1. The molecule has 0 aliphatic heterocycles. The van der Waals surface area contributed by atoms with Crippen LogP contribution < -0.4 is 15.0 Å². The van der Waals surface area contributed by atoms with Gasteiger partial charge in [-0.1, -0.05) is 19.1 Å². The van der Waals surface area contributed by atoms with Crippen molar-refractivity contribution >= 4 is 11.8 Å². The average molecular weight is 286 g/mol. The van der Waals surface area contributed by atoms with Gasteiger partial charge in [0.15, 0.2) is 0 Å². The third-order valence-electron chi connectivity index (χ3n) is 3.12. The van der Waals surface area contributed by atoms with Gasteiger partial charge in [-0.2, -0.15) is 4.98 Å². The van der Waals surface area contributed by atoms with Gasteiger partial charge in [0.05, 0.1) is 7.11 Å². The Morgan fingerprint density at radius 1 is 1.29 bits per heavy atom. The maximum absolute atomic E-state index is 5.25. The number of hydrogen-bond acceptors (Lipinski definition) is 5. The summed E-state index contributed by atoms with van der Waals surface area (Å²) in [4.78, 5) is 10.8. The molecule has 0 saturated carbocycles. The number of methoxy groups -OCH3 is 1. The summed E-state index contributed by atoms with van der Waals surface area (Å²) in [6.07, 6.45) is 2.83. The first-order valence-corrected chi connectivity index (χ1v) is 7.14. The van der Waals surface area contributed by atoms with Crippen LogP contribution in [0.3, 0.4) is 0 Å². The molecule has 0 bridgehead atoms. The Bertz CT molecular complexity index is 574. The van der Waals surface area contributed by atoms with Gasteiger partial charge in [0.1, 0.15) is 11.6 Å². The Labute approximate surface area is 126 Å². The highest BCUT2D eigenvalue weighted by molar-refractivity contribution is 5.43. The number of benzene rings is 1. The lowest BCUT2D eigenvalue weighted by Crippen LogP contribution is -2.18. The maximum atomic E-state index is 5.25. The molecule has 1 aromatic carbocycles. The van der Waals surface area contributed by atoms with E-state index in [-0.39, 0.29) is 0 Å². The third kappa shape index (κ3) is 4.34. The van der Waals surface area contributed by atoms with E-state index in [2.05, 4.69) is 33.2 Å². The molecule has 5 heteroatoms. The quantitative estimate of drug-likeness (QED) is 0.848. The first-order chi connectivity index (χ1) is 10.2. The van der Waals surface area contributed by atoms with Gasteiger partial charge in [-0.3, -0.25) is 0 Å². The highest BCUT2D eigenvalue weighted by Crippen LogP contribution is 2.17. The van der Waals surface area contributed by atoms with E-state index in [0.29, 0.717) is 5.95 Å². The Kier molecular flexibility index (Phi) is 5.37. The van der Waals surface area contributed by atoms with Gasteiger partial charge in [0, 0.05) is 26.3 Å². The summed E-state index contributed by atoms with van der Waals surface area (Å²) in [6.45, 7) is 3.76. The van der Waals surface area contributed by atoms with Gasteiger partial charge in [0.2, 0.25) is 5.95 Å². The smallest absolute Gasteiger partial charge is 0.224 e. The zero-order valence-electron chi connectivity index (χ0n) is 12.8. The van der Waals surface area contributed by atoms with E-state index >= 15 is 0 Å². The van der Waals surface area contributed by atoms with Gasteiger partial charge in [-0.15, -0.1) is 0 Å². The maximum Gasteiger partial charge on any atom is 0.224 e. The number of anilines is 2. The average Bonchev–Trinajstić information content (AvgIpc) is 2.53. The second-order valence-corrected chi connectivity index (χ2v) is 4.87. The summed E-state index contributed by atoms with van der Waals surface area (Å²) in [5.74, 6) is 2.44. The first-order valence-electron chi connectivity index (χ1n) is 7.14. The zero-order valence-corrected chi connectivity index (χ0v) is 12.8. The minimum Gasteiger partial charge on any atom is -0.497 e. The molecule has 0 fully saturated rings. The van der Waals surface area contributed by atoms with E-state index in [0.717, 1.165) is 31.1 Å². The van der Waals surface area contributed by atoms with E-state index in [1.807, 2.05) is 31.3 Å². The van der Waals surface area contributed by atoms with Crippen LogP contribution in [-0.2, 0) is 6.54 Å². The topological polar surface area (TPSA) is 50.3 Å².